The van der Waals surface area contributed by atoms with E-state index in [1.165, 1.54) is 25.7 Å². The molecule has 0 bridgehead atoms. The normalized spacial score (nSPS) is 14.0. The van der Waals surface area contributed by atoms with Gasteiger partial charge in [0.2, 0.25) is 5.88 Å². The molecule has 3 rings (SSSR count). The predicted octanol–water partition coefficient (Wildman–Crippen LogP) is 4.68. The first kappa shape index (κ1) is 19.4. The van der Waals surface area contributed by atoms with Crippen LogP contribution in [0.3, 0.4) is 0 Å². The van der Waals surface area contributed by atoms with Crippen LogP contribution < -0.4 is 20.1 Å². The van der Waals surface area contributed by atoms with Crippen LogP contribution in [0.25, 0.3) is 0 Å². The van der Waals surface area contributed by atoms with E-state index in [0.717, 1.165) is 16.8 Å². The number of hydrogen-bond donors (Lipinski definition) is 2. The van der Waals surface area contributed by atoms with Crippen LogP contribution in [-0.4, -0.2) is 35.7 Å². The Morgan fingerprint density at radius 1 is 1.19 bits per heavy atom. The molecule has 1 aliphatic rings. The van der Waals surface area contributed by atoms with Crippen LogP contribution in [-0.2, 0) is 0 Å². The number of nitrogens with zero attached hydrogens (tertiary/aromatic N) is 1. The number of carbonyl (C=O) groups excluding carboxylic acids is 1. The second-order valence-corrected chi connectivity index (χ2v) is 7.70. The molecule has 1 heterocycles. The van der Waals surface area contributed by atoms with E-state index in [9.17, 15) is 4.79 Å². The maximum Gasteiger partial charge on any atom is 0.319 e. The molecular formula is C20H25N3O3S. The summed E-state index contributed by atoms with van der Waals surface area (Å²) in [5.74, 6) is 2.64. The first-order chi connectivity index (χ1) is 13.2. The number of methoxy groups -OCH3 is 1. The molecule has 1 saturated carbocycles. The van der Waals surface area contributed by atoms with Gasteiger partial charge in [0, 0.05) is 23.7 Å². The standard InChI is InChI=1S/C20H25N3O3S/c1-25-15-8-10-16(11-9-15)26-19-18(7-4-12-21-19)23-20(24)22-13-14-27-17-5-2-3-6-17/h4,7-12,17H,2-3,5-6,13-14H2,1H3,(H2,22,23,24). The number of carbonyl (C=O) groups is 1. The van der Waals surface area contributed by atoms with E-state index in [1.54, 1.807) is 49.7 Å². The smallest absolute Gasteiger partial charge is 0.319 e. The van der Waals surface area contributed by atoms with Gasteiger partial charge in [0.05, 0.1) is 7.11 Å². The number of nitrogens with one attached hydrogen (secondary N) is 2. The summed E-state index contributed by atoms with van der Waals surface area (Å²) in [5.41, 5.74) is 0.522. The number of benzene rings is 1. The van der Waals surface area contributed by atoms with E-state index < -0.39 is 0 Å². The van der Waals surface area contributed by atoms with E-state index in [1.807, 2.05) is 11.8 Å². The highest BCUT2D eigenvalue weighted by atomic mass is 32.2. The molecule has 0 spiro atoms. The topological polar surface area (TPSA) is 72.5 Å². The van der Waals surface area contributed by atoms with Crippen molar-refractivity contribution in [3.63, 3.8) is 0 Å². The van der Waals surface area contributed by atoms with Crippen LogP contribution in [0.5, 0.6) is 17.4 Å². The van der Waals surface area contributed by atoms with E-state index in [0.29, 0.717) is 23.9 Å². The van der Waals surface area contributed by atoms with Gasteiger partial charge in [0.1, 0.15) is 17.2 Å². The van der Waals surface area contributed by atoms with Gasteiger partial charge < -0.3 is 20.1 Å². The van der Waals surface area contributed by atoms with E-state index in [-0.39, 0.29) is 6.03 Å². The van der Waals surface area contributed by atoms with Crippen molar-refractivity contribution >= 4 is 23.5 Å². The number of amides is 2. The fourth-order valence-electron chi connectivity index (χ4n) is 2.93. The minimum atomic E-state index is -0.255. The van der Waals surface area contributed by atoms with Crippen molar-refractivity contribution in [1.29, 1.82) is 0 Å². The first-order valence-corrected chi connectivity index (χ1v) is 10.2. The predicted molar refractivity (Wildman–Crippen MR) is 109 cm³/mol. The molecule has 7 heteroatoms. The summed E-state index contributed by atoms with van der Waals surface area (Å²) in [6.45, 7) is 0.641. The van der Waals surface area contributed by atoms with E-state index in [4.69, 9.17) is 9.47 Å². The van der Waals surface area contributed by atoms with Crippen LogP contribution in [0.4, 0.5) is 10.5 Å². The third-order valence-corrected chi connectivity index (χ3v) is 5.72. The summed E-state index contributed by atoms with van der Waals surface area (Å²) >= 11 is 1.95. The van der Waals surface area contributed by atoms with E-state index >= 15 is 0 Å². The van der Waals surface area contributed by atoms with Crippen molar-refractivity contribution in [3.8, 4) is 17.4 Å². The fraction of sp³-hybridized carbons (Fsp3) is 0.400. The number of aromatic nitrogens is 1. The molecule has 144 valence electrons. The lowest BCUT2D eigenvalue weighted by atomic mass is 10.3. The Labute approximate surface area is 164 Å². The van der Waals surface area contributed by atoms with Crippen molar-refractivity contribution in [2.75, 3.05) is 24.7 Å². The lowest BCUT2D eigenvalue weighted by molar-refractivity contribution is 0.252. The van der Waals surface area contributed by atoms with Gasteiger partial charge in [-0.25, -0.2) is 9.78 Å². The number of ether oxygens (including phenoxy) is 2. The highest BCUT2D eigenvalue weighted by molar-refractivity contribution is 7.99. The second-order valence-electron chi connectivity index (χ2n) is 6.29. The minimum Gasteiger partial charge on any atom is -0.497 e. The molecule has 0 unspecified atom stereocenters. The Balaban J connectivity index is 1.49. The number of anilines is 1. The van der Waals surface area contributed by atoms with Crippen molar-refractivity contribution in [2.45, 2.75) is 30.9 Å². The number of urea groups is 1. The lowest BCUT2D eigenvalue weighted by Crippen LogP contribution is -2.31. The molecule has 0 aliphatic heterocycles. The molecule has 1 aromatic carbocycles. The Kier molecular flexibility index (Phi) is 7.21. The molecule has 1 aromatic heterocycles. The minimum absolute atomic E-state index is 0.255. The highest BCUT2D eigenvalue weighted by Gasteiger charge is 2.15. The third kappa shape index (κ3) is 6.06. The monoisotopic (exact) mass is 387 g/mol. The molecular weight excluding hydrogens is 362 g/mol. The fourth-order valence-corrected chi connectivity index (χ4v) is 4.15. The van der Waals surface area contributed by atoms with Crippen molar-refractivity contribution in [3.05, 3.63) is 42.6 Å². The first-order valence-electron chi connectivity index (χ1n) is 9.18. The largest absolute Gasteiger partial charge is 0.497 e. The van der Waals surface area contributed by atoms with Crippen molar-refractivity contribution < 1.29 is 14.3 Å². The number of pyridine rings is 1. The van der Waals surface area contributed by atoms with Gasteiger partial charge in [-0.05, 0) is 49.2 Å². The van der Waals surface area contributed by atoms with Crippen LogP contribution in [0.15, 0.2) is 42.6 Å². The Bertz CT molecular complexity index is 734. The maximum atomic E-state index is 12.2. The second kappa shape index (κ2) is 10.1. The zero-order chi connectivity index (χ0) is 18.9. The summed E-state index contributed by atoms with van der Waals surface area (Å²) in [4.78, 5) is 16.4. The van der Waals surface area contributed by atoms with Gasteiger partial charge in [0.15, 0.2) is 0 Å². The van der Waals surface area contributed by atoms with Crippen molar-refractivity contribution in [1.82, 2.24) is 10.3 Å². The molecule has 2 amide bonds. The summed E-state index contributed by atoms with van der Waals surface area (Å²) < 4.78 is 10.9. The maximum absolute atomic E-state index is 12.2. The molecule has 27 heavy (non-hydrogen) atoms. The number of thioether (sulfide) groups is 1. The molecule has 0 radical (unpaired) electrons. The van der Waals surface area contributed by atoms with Crippen molar-refractivity contribution in [2.24, 2.45) is 0 Å². The summed E-state index contributed by atoms with van der Waals surface area (Å²) in [7, 11) is 1.61. The van der Waals surface area contributed by atoms with Gasteiger partial charge in [-0.2, -0.15) is 11.8 Å². The van der Waals surface area contributed by atoms with Gasteiger partial charge in [-0.1, -0.05) is 12.8 Å². The van der Waals surface area contributed by atoms with Crippen LogP contribution in [0.2, 0.25) is 0 Å². The third-order valence-electron chi connectivity index (χ3n) is 4.34. The SMILES string of the molecule is COc1ccc(Oc2ncccc2NC(=O)NCCSC2CCCC2)cc1. The van der Waals surface area contributed by atoms with Crippen LogP contribution in [0.1, 0.15) is 25.7 Å². The average Bonchev–Trinajstić information content (AvgIpc) is 3.21. The average molecular weight is 388 g/mol. The number of rotatable bonds is 8. The summed E-state index contributed by atoms with van der Waals surface area (Å²) in [6.07, 6.45) is 6.91. The van der Waals surface area contributed by atoms with Gasteiger partial charge in [0.25, 0.3) is 0 Å². The Morgan fingerprint density at radius 2 is 1.93 bits per heavy atom. The molecule has 1 aliphatic carbocycles. The molecule has 1 fully saturated rings. The Hall–Kier alpha value is -2.41. The number of hydrogen-bond acceptors (Lipinski definition) is 5. The molecule has 2 N–H and O–H groups in total. The zero-order valence-electron chi connectivity index (χ0n) is 15.4. The highest BCUT2D eigenvalue weighted by Crippen LogP contribution is 2.29. The molecule has 2 aromatic rings. The molecule has 0 atom stereocenters. The molecule has 6 nitrogen and oxygen atoms in total. The van der Waals surface area contributed by atoms with Crippen LogP contribution >= 0.6 is 11.8 Å². The quantitative estimate of drug-likeness (QED) is 0.644. The zero-order valence-corrected chi connectivity index (χ0v) is 16.3. The lowest BCUT2D eigenvalue weighted by Gasteiger charge is -2.13. The van der Waals surface area contributed by atoms with Gasteiger partial charge in [-0.3, -0.25) is 0 Å². The van der Waals surface area contributed by atoms with E-state index in [2.05, 4.69) is 15.6 Å². The van der Waals surface area contributed by atoms with Crippen LogP contribution in [0, 0.1) is 0 Å². The molecule has 0 saturated heterocycles. The summed E-state index contributed by atoms with van der Waals surface area (Å²) in [5, 5.41) is 6.46. The Morgan fingerprint density at radius 3 is 2.67 bits per heavy atom. The summed E-state index contributed by atoms with van der Waals surface area (Å²) in [6, 6.07) is 10.5. The van der Waals surface area contributed by atoms with Gasteiger partial charge >= 0.3 is 6.03 Å². The van der Waals surface area contributed by atoms with Gasteiger partial charge in [-0.15, -0.1) is 0 Å².